The van der Waals surface area contributed by atoms with Crippen molar-refractivity contribution >= 4 is 40.7 Å². The van der Waals surface area contributed by atoms with Crippen LogP contribution in [0.3, 0.4) is 0 Å². The number of nitrogens with zero attached hydrogens (tertiary/aromatic N) is 5. The zero-order valence-corrected chi connectivity index (χ0v) is 28.7. The second-order valence-electron chi connectivity index (χ2n) is 13.7. The average molecular weight is 705 g/mol. The van der Waals surface area contributed by atoms with Gasteiger partial charge in [-0.1, -0.05) is 36.4 Å². The standard InChI is InChI=1S/C40H38F2N6O4/c1-46(22-26-6-3-2-4-7-26)40(52)28-8-5-9-32(18-28)48-36(49)19-27(37(50)33-20-30(42)21-43-38(33)48)13-10-25-11-15-31(16-12-25)44-39(51)34-24-47-23-29(41)14-17-35(47)45-34/h2-9,14,17-18,20-21,23-25,27,31H,10-13,15-16,19,22H2,1H3,(H,44,51). The summed E-state index contributed by atoms with van der Waals surface area (Å²) >= 11 is 0. The molecule has 52 heavy (non-hydrogen) atoms. The maximum Gasteiger partial charge on any atom is 0.271 e. The summed E-state index contributed by atoms with van der Waals surface area (Å²) in [5.41, 5.74) is 2.44. The summed E-state index contributed by atoms with van der Waals surface area (Å²) in [6.45, 7) is 0.398. The molecule has 266 valence electrons. The smallest absolute Gasteiger partial charge is 0.271 e. The number of hydrogen-bond acceptors (Lipinski definition) is 6. The summed E-state index contributed by atoms with van der Waals surface area (Å²) in [5.74, 6) is -2.68. The molecule has 4 heterocycles. The van der Waals surface area contributed by atoms with Gasteiger partial charge in [0.2, 0.25) is 5.91 Å². The van der Waals surface area contributed by atoms with Crippen LogP contribution in [-0.2, 0) is 11.3 Å². The van der Waals surface area contributed by atoms with Gasteiger partial charge in [-0.2, -0.15) is 0 Å². The maximum atomic E-state index is 14.6. The van der Waals surface area contributed by atoms with Crippen molar-refractivity contribution in [1.82, 2.24) is 24.6 Å². The Morgan fingerprint density at radius 1 is 0.904 bits per heavy atom. The number of imidazole rings is 1. The molecule has 0 saturated heterocycles. The molecule has 3 amide bonds. The molecule has 0 bridgehead atoms. The number of pyridine rings is 2. The number of ketones is 1. The first-order valence-corrected chi connectivity index (χ1v) is 17.5. The lowest BCUT2D eigenvalue weighted by atomic mass is 9.80. The molecule has 1 unspecified atom stereocenters. The van der Waals surface area contributed by atoms with Crippen LogP contribution in [0.4, 0.5) is 20.3 Å². The lowest BCUT2D eigenvalue weighted by molar-refractivity contribution is -0.118. The summed E-state index contributed by atoms with van der Waals surface area (Å²) in [6.07, 6.45) is 7.96. The number of halogens is 2. The normalized spacial score (nSPS) is 18.9. The van der Waals surface area contributed by atoms with Crippen LogP contribution in [0.2, 0.25) is 0 Å². The number of carbonyl (C=O) groups excluding carboxylic acids is 4. The minimum Gasteiger partial charge on any atom is -0.348 e. The lowest BCUT2D eigenvalue weighted by Crippen LogP contribution is -2.37. The van der Waals surface area contributed by atoms with Crippen molar-refractivity contribution in [2.45, 2.75) is 57.5 Å². The highest BCUT2D eigenvalue weighted by Crippen LogP contribution is 2.37. The van der Waals surface area contributed by atoms with Crippen LogP contribution in [0.5, 0.6) is 0 Å². The molecular weight excluding hydrogens is 666 g/mol. The van der Waals surface area contributed by atoms with E-state index in [-0.39, 0.29) is 59.0 Å². The maximum absolute atomic E-state index is 14.6. The number of hydrogen-bond donors (Lipinski definition) is 1. The number of aromatic nitrogens is 3. The van der Waals surface area contributed by atoms with E-state index in [0.29, 0.717) is 36.3 Å². The lowest BCUT2D eigenvalue weighted by Gasteiger charge is -2.29. The fraction of sp³-hybridized carbons (Fsp3) is 0.300. The molecule has 2 aromatic carbocycles. The summed E-state index contributed by atoms with van der Waals surface area (Å²) in [5, 5.41) is 3.04. The third-order valence-corrected chi connectivity index (χ3v) is 10.1. The average Bonchev–Trinajstić information content (AvgIpc) is 3.54. The van der Waals surface area contributed by atoms with Crippen LogP contribution < -0.4 is 10.2 Å². The number of fused-ring (bicyclic) bond motifs is 2. The number of amides is 3. The topological polar surface area (TPSA) is 117 Å². The number of nitrogens with one attached hydrogen (secondary N) is 1. The molecule has 1 aliphatic carbocycles. The van der Waals surface area contributed by atoms with E-state index in [0.717, 1.165) is 43.5 Å². The first-order valence-electron chi connectivity index (χ1n) is 17.5. The second kappa shape index (κ2) is 14.8. The van der Waals surface area contributed by atoms with Gasteiger partial charge in [0.05, 0.1) is 17.4 Å². The Bertz CT molecular complexity index is 2150. The molecule has 7 rings (SSSR count). The first kappa shape index (κ1) is 34.7. The zero-order chi connectivity index (χ0) is 36.4. The van der Waals surface area contributed by atoms with Crippen LogP contribution in [0.15, 0.2) is 91.4 Å². The predicted molar refractivity (Wildman–Crippen MR) is 190 cm³/mol. The monoisotopic (exact) mass is 704 g/mol. The quantitative estimate of drug-likeness (QED) is 0.178. The van der Waals surface area contributed by atoms with E-state index < -0.39 is 17.6 Å². The van der Waals surface area contributed by atoms with Crippen molar-refractivity contribution in [3.05, 3.63) is 125 Å². The Morgan fingerprint density at radius 3 is 2.48 bits per heavy atom. The van der Waals surface area contributed by atoms with Crippen molar-refractivity contribution in [2.75, 3.05) is 11.9 Å². The van der Waals surface area contributed by atoms with Gasteiger partial charge >= 0.3 is 0 Å². The van der Waals surface area contributed by atoms with Gasteiger partial charge in [-0.3, -0.25) is 24.1 Å². The number of benzene rings is 2. The Balaban J connectivity index is 1.00. The Hall–Kier alpha value is -5.78. The largest absolute Gasteiger partial charge is 0.348 e. The van der Waals surface area contributed by atoms with Crippen LogP contribution in [-0.4, -0.2) is 55.9 Å². The number of rotatable bonds is 9. The summed E-state index contributed by atoms with van der Waals surface area (Å²) < 4.78 is 29.6. The molecule has 1 N–H and O–H groups in total. The number of anilines is 2. The summed E-state index contributed by atoms with van der Waals surface area (Å²) in [6, 6.07) is 20.1. The molecule has 1 saturated carbocycles. The van der Waals surface area contributed by atoms with Crippen LogP contribution in [0, 0.1) is 23.5 Å². The molecule has 3 aromatic heterocycles. The third kappa shape index (κ3) is 7.46. The van der Waals surface area contributed by atoms with Gasteiger partial charge in [0.15, 0.2) is 11.6 Å². The van der Waals surface area contributed by atoms with Gasteiger partial charge in [0.1, 0.15) is 23.0 Å². The molecule has 0 spiro atoms. The number of carbonyl (C=O) groups is 4. The van der Waals surface area contributed by atoms with Crippen molar-refractivity contribution in [3.8, 4) is 0 Å². The third-order valence-electron chi connectivity index (χ3n) is 10.1. The molecule has 1 atom stereocenters. The van der Waals surface area contributed by atoms with E-state index in [1.54, 1.807) is 36.2 Å². The van der Waals surface area contributed by atoms with Gasteiger partial charge < -0.3 is 14.6 Å². The van der Waals surface area contributed by atoms with E-state index in [1.165, 1.54) is 33.8 Å². The zero-order valence-electron chi connectivity index (χ0n) is 28.7. The van der Waals surface area contributed by atoms with Gasteiger partial charge in [0, 0.05) is 49.9 Å². The fourth-order valence-corrected chi connectivity index (χ4v) is 7.32. The second-order valence-corrected chi connectivity index (χ2v) is 13.7. The molecule has 12 heteroatoms. The van der Waals surface area contributed by atoms with E-state index in [4.69, 9.17) is 0 Å². The minimum atomic E-state index is -0.678. The van der Waals surface area contributed by atoms with Crippen LogP contribution in [0.1, 0.15) is 81.7 Å². The van der Waals surface area contributed by atoms with Gasteiger partial charge in [0.25, 0.3) is 11.8 Å². The summed E-state index contributed by atoms with van der Waals surface area (Å²) in [7, 11) is 1.71. The van der Waals surface area contributed by atoms with Gasteiger partial charge in [-0.25, -0.2) is 18.7 Å². The highest BCUT2D eigenvalue weighted by molar-refractivity contribution is 6.13. The van der Waals surface area contributed by atoms with Gasteiger partial charge in [-0.15, -0.1) is 0 Å². The Labute approximate surface area is 299 Å². The Morgan fingerprint density at radius 2 is 1.69 bits per heavy atom. The molecule has 10 nitrogen and oxygen atoms in total. The van der Waals surface area contributed by atoms with E-state index in [9.17, 15) is 28.0 Å². The van der Waals surface area contributed by atoms with E-state index >= 15 is 0 Å². The highest BCUT2D eigenvalue weighted by Gasteiger charge is 2.37. The molecule has 2 aliphatic rings. The number of Topliss-reactive ketones (excluding diaryl/α,β-unsaturated/α-hetero) is 1. The van der Waals surface area contributed by atoms with Gasteiger partial charge in [-0.05, 0) is 86.4 Å². The molecular formula is C40H38F2N6O4. The molecule has 1 aliphatic heterocycles. The van der Waals surface area contributed by atoms with Crippen LogP contribution >= 0.6 is 0 Å². The Kier molecular flexibility index (Phi) is 9.88. The first-order chi connectivity index (χ1) is 25.1. The molecule has 5 aromatic rings. The highest BCUT2D eigenvalue weighted by atomic mass is 19.1. The molecule has 1 fully saturated rings. The summed E-state index contributed by atoms with van der Waals surface area (Å²) in [4.78, 5) is 65.5. The van der Waals surface area contributed by atoms with Crippen molar-refractivity contribution in [3.63, 3.8) is 0 Å². The predicted octanol–water partition coefficient (Wildman–Crippen LogP) is 6.92. The van der Waals surface area contributed by atoms with Crippen molar-refractivity contribution in [2.24, 2.45) is 11.8 Å². The molecule has 0 radical (unpaired) electrons. The fourth-order valence-electron chi connectivity index (χ4n) is 7.32. The van der Waals surface area contributed by atoms with Crippen molar-refractivity contribution in [1.29, 1.82) is 0 Å². The SMILES string of the molecule is CN(Cc1ccccc1)C(=O)c1cccc(N2C(=O)CC(CCC3CCC(NC(=O)c4cn5cc(F)ccc5n4)CC3)C(=O)c3cc(F)cnc32)c1. The van der Waals surface area contributed by atoms with E-state index in [2.05, 4.69) is 15.3 Å². The van der Waals surface area contributed by atoms with Crippen molar-refractivity contribution < 1.29 is 28.0 Å². The van der Waals surface area contributed by atoms with E-state index in [1.807, 2.05) is 30.3 Å². The van der Waals surface area contributed by atoms with Crippen LogP contribution in [0.25, 0.3) is 5.65 Å². The minimum absolute atomic E-state index is 0.0369.